The van der Waals surface area contributed by atoms with Crippen molar-refractivity contribution in [3.8, 4) is 0 Å². The Labute approximate surface area is 302 Å². The predicted molar refractivity (Wildman–Crippen MR) is 198 cm³/mol. The highest BCUT2D eigenvalue weighted by atomic mass is 35.5. The van der Waals surface area contributed by atoms with Crippen molar-refractivity contribution in [3.05, 3.63) is 82.8 Å². The third-order valence-corrected chi connectivity index (χ3v) is 10.3. The lowest BCUT2D eigenvalue weighted by molar-refractivity contribution is -0.142. The van der Waals surface area contributed by atoms with Crippen molar-refractivity contribution in [2.45, 2.75) is 80.0 Å². The number of rotatable bonds is 10. The van der Waals surface area contributed by atoms with Crippen LogP contribution in [0.2, 0.25) is 5.02 Å². The lowest BCUT2D eigenvalue weighted by Gasteiger charge is -2.33. The fourth-order valence-electron chi connectivity index (χ4n) is 5.81. The number of unbranched alkanes of at least 4 members (excludes halogenated alkanes) is 1. The van der Waals surface area contributed by atoms with Gasteiger partial charge in [-0.2, -0.15) is 0 Å². The number of nitrogens with one attached hydrogen (secondary N) is 3. The molecule has 4 rings (SSSR count). The van der Waals surface area contributed by atoms with E-state index in [1.807, 2.05) is 31.2 Å². The molecule has 268 valence electrons. The number of allylic oxidation sites excluding steroid dienone is 1. The molecule has 2 heterocycles. The first-order chi connectivity index (χ1) is 24.1. The standard InChI is InChI=1S/C36H46ClFN8O3S/c1-3-22(23-10-4-5-11-27(23)41)20-31-34(48)43-21-24-26(38)16-15-25(37)32(24)50-35-29(14-9-19-42-35)44-28(13-8-18-40)33(47)45-30(12-6-7-17-39)36(49)46(31)2/h3-5,9-11,14-16,19,28,30-31,44H,6-8,12-13,17-18,20-21,39-41H2,1-2H3,(H,43,48)(H,45,47)/b22-3-/t28-,30?,31+/m1/s1. The molecule has 3 aromatic rings. The number of anilines is 2. The Kier molecular flexibility index (Phi) is 14.5. The molecule has 1 aliphatic rings. The molecule has 1 aromatic heterocycles. The summed E-state index contributed by atoms with van der Waals surface area (Å²) in [5.74, 6) is -1.97. The molecule has 50 heavy (non-hydrogen) atoms. The van der Waals surface area contributed by atoms with E-state index in [1.54, 1.807) is 24.4 Å². The topological polar surface area (TPSA) is 181 Å². The van der Waals surface area contributed by atoms with Gasteiger partial charge in [0.05, 0.1) is 10.7 Å². The molecule has 14 heteroatoms. The number of nitrogens with two attached hydrogens (primary N) is 3. The average Bonchev–Trinajstić information content (AvgIpc) is 3.11. The number of nitrogens with zero attached hydrogens (tertiary/aromatic N) is 2. The van der Waals surface area contributed by atoms with E-state index in [-0.39, 0.29) is 23.6 Å². The van der Waals surface area contributed by atoms with Crippen LogP contribution >= 0.6 is 23.4 Å². The first-order valence-corrected chi connectivity index (χ1v) is 17.9. The van der Waals surface area contributed by atoms with Crippen molar-refractivity contribution in [1.29, 1.82) is 0 Å². The van der Waals surface area contributed by atoms with E-state index in [9.17, 15) is 14.4 Å². The molecule has 1 aliphatic heterocycles. The van der Waals surface area contributed by atoms with E-state index < -0.39 is 41.7 Å². The summed E-state index contributed by atoms with van der Waals surface area (Å²) in [4.78, 5) is 48.7. The lowest BCUT2D eigenvalue weighted by Crippen LogP contribution is -2.56. The summed E-state index contributed by atoms with van der Waals surface area (Å²) in [5, 5.41) is 9.82. The minimum Gasteiger partial charge on any atom is -0.398 e. The number of pyridine rings is 1. The number of hydrogen-bond acceptors (Lipinski definition) is 9. The van der Waals surface area contributed by atoms with Gasteiger partial charge in [-0.15, -0.1) is 0 Å². The molecular formula is C36H46ClFN8O3S. The number of amides is 3. The van der Waals surface area contributed by atoms with E-state index in [2.05, 4.69) is 20.9 Å². The molecule has 0 bridgehead atoms. The van der Waals surface area contributed by atoms with Gasteiger partial charge in [0.15, 0.2) is 0 Å². The number of carbonyl (C=O) groups excluding carboxylic acids is 3. The SMILES string of the molecule is C/C=C(/C[C@H]1C(=O)NCc2c(F)ccc(Cl)c2Sc2ncccc2N[C@H](CCCN)C(=O)NC(CCCCN)C(=O)N1C)c1ccccc1N. The number of halogens is 2. The van der Waals surface area contributed by atoms with Crippen LogP contribution in [-0.4, -0.2) is 65.9 Å². The molecule has 1 unspecified atom stereocenters. The van der Waals surface area contributed by atoms with Gasteiger partial charge >= 0.3 is 0 Å². The Morgan fingerprint density at radius 1 is 1.00 bits per heavy atom. The highest BCUT2D eigenvalue weighted by Crippen LogP contribution is 2.39. The van der Waals surface area contributed by atoms with Crippen molar-refractivity contribution in [2.75, 3.05) is 31.2 Å². The quantitative estimate of drug-likeness (QED) is 0.128. The number of aromatic nitrogens is 1. The zero-order valence-electron chi connectivity index (χ0n) is 28.4. The van der Waals surface area contributed by atoms with E-state index >= 15 is 4.39 Å². The number of fused-ring (bicyclic) bond motifs is 2. The summed E-state index contributed by atoms with van der Waals surface area (Å²) in [6.45, 7) is 2.39. The number of hydrogen-bond donors (Lipinski definition) is 6. The van der Waals surface area contributed by atoms with Gasteiger partial charge in [0, 0.05) is 47.9 Å². The molecule has 0 saturated heterocycles. The van der Waals surface area contributed by atoms with Gasteiger partial charge in [-0.3, -0.25) is 14.4 Å². The Bertz CT molecular complexity index is 1690. The smallest absolute Gasteiger partial charge is 0.245 e. The Morgan fingerprint density at radius 2 is 1.74 bits per heavy atom. The van der Waals surface area contributed by atoms with Crippen LogP contribution in [0.4, 0.5) is 15.8 Å². The number of nitrogen functional groups attached to an aromatic ring is 1. The molecule has 0 spiro atoms. The second-order valence-electron chi connectivity index (χ2n) is 12.1. The van der Waals surface area contributed by atoms with Crippen LogP contribution in [-0.2, 0) is 20.9 Å². The minimum absolute atomic E-state index is 0.0971. The maximum absolute atomic E-state index is 15.5. The lowest BCUT2D eigenvalue weighted by atomic mass is 9.95. The van der Waals surface area contributed by atoms with E-state index in [4.69, 9.17) is 28.8 Å². The summed E-state index contributed by atoms with van der Waals surface area (Å²) in [6.07, 6.45) is 5.93. The van der Waals surface area contributed by atoms with Gasteiger partial charge in [-0.1, -0.05) is 47.6 Å². The molecule has 9 N–H and O–H groups in total. The highest BCUT2D eigenvalue weighted by Gasteiger charge is 2.34. The van der Waals surface area contributed by atoms with E-state index in [1.165, 1.54) is 24.1 Å². The molecule has 2 aromatic carbocycles. The van der Waals surface area contributed by atoms with Crippen LogP contribution < -0.4 is 33.2 Å². The summed E-state index contributed by atoms with van der Waals surface area (Å²) in [6, 6.07) is 10.6. The van der Waals surface area contributed by atoms with Gasteiger partial charge in [0.25, 0.3) is 0 Å². The Morgan fingerprint density at radius 3 is 2.46 bits per heavy atom. The zero-order valence-corrected chi connectivity index (χ0v) is 30.0. The van der Waals surface area contributed by atoms with Crippen LogP contribution in [0.15, 0.2) is 70.7 Å². The van der Waals surface area contributed by atoms with Gasteiger partial charge in [-0.05, 0) is 88.0 Å². The largest absolute Gasteiger partial charge is 0.398 e. The molecule has 0 saturated carbocycles. The van der Waals surface area contributed by atoms with Gasteiger partial charge in [0.1, 0.15) is 29.0 Å². The van der Waals surface area contributed by atoms with Crippen LogP contribution in [0, 0.1) is 5.82 Å². The maximum Gasteiger partial charge on any atom is 0.245 e. The second kappa shape index (κ2) is 18.7. The molecule has 11 nitrogen and oxygen atoms in total. The van der Waals surface area contributed by atoms with Gasteiger partial charge in [-0.25, -0.2) is 9.37 Å². The van der Waals surface area contributed by atoms with Crippen molar-refractivity contribution >= 4 is 58.0 Å². The Hall–Kier alpha value is -4.17. The number of benzene rings is 2. The van der Waals surface area contributed by atoms with Crippen LogP contribution in [0.1, 0.15) is 56.6 Å². The first kappa shape index (κ1) is 38.6. The average molecular weight is 725 g/mol. The third-order valence-electron chi connectivity index (χ3n) is 8.66. The Balaban J connectivity index is 1.84. The second-order valence-corrected chi connectivity index (χ2v) is 13.5. The van der Waals surface area contributed by atoms with E-state index in [0.29, 0.717) is 66.5 Å². The summed E-state index contributed by atoms with van der Waals surface area (Å²) in [7, 11) is 1.53. The minimum atomic E-state index is -1.05. The summed E-state index contributed by atoms with van der Waals surface area (Å²) < 4.78 is 15.5. The normalized spacial score (nSPS) is 19.2. The summed E-state index contributed by atoms with van der Waals surface area (Å²) in [5.41, 5.74) is 20.6. The molecular weight excluding hydrogens is 679 g/mol. The molecule has 0 radical (unpaired) electrons. The zero-order chi connectivity index (χ0) is 36.2. The van der Waals surface area contributed by atoms with Crippen LogP contribution in [0.3, 0.4) is 0 Å². The monoisotopic (exact) mass is 724 g/mol. The number of likely N-dealkylation sites (N-methyl/N-ethyl adjacent to an activating group) is 1. The fourth-order valence-corrected chi connectivity index (χ4v) is 7.10. The highest BCUT2D eigenvalue weighted by molar-refractivity contribution is 7.99. The van der Waals surface area contributed by atoms with Crippen LogP contribution in [0.25, 0.3) is 5.57 Å². The van der Waals surface area contributed by atoms with E-state index in [0.717, 1.165) is 22.9 Å². The van der Waals surface area contributed by atoms with Gasteiger partial charge in [0.2, 0.25) is 17.7 Å². The fraction of sp³-hybridized carbons (Fsp3) is 0.389. The molecule has 3 atom stereocenters. The van der Waals surface area contributed by atoms with Crippen molar-refractivity contribution in [2.24, 2.45) is 11.5 Å². The number of carbonyl (C=O) groups is 3. The first-order valence-electron chi connectivity index (χ1n) is 16.7. The summed E-state index contributed by atoms with van der Waals surface area (Å²) >= 11 is 7.76. The predicted octanol–water partition coefficient (Wildman–Crippen LogP) is 4.69. The van der Waals surface area contributed by atoms with Gasteiger partial charge < -0.3 is 38.1 Å². The molecule has 0 aliphatic carbocycles. The third kappa shape index (κ3) is 9.75. The molecule has 3 amide bonds. The molecule has 0 fully saturated rings. The van der Waals surface area contributed by atoms with Crippen LogP contribution in [0.5, 0.6) is 0 Å². The van der Waals surface area contributed by atoms with Crippen molar-refractivity contribution in [1.82, 2.24) is 20.5 Å². The van der Waals surface area contributed by atoms with Crippen molar-refractivity contribution in [3.63, 3.8) is 0 Å². The van der Waals surface area contributed by atoms with Crippen molar-refractivity contribution < 1.29 is 18.8 Å². The maximum atomic E-state index is 15.5. The number of para-hydroxylation sites is 1.